The second kappa shape index (κ2) is 10.5. The van der Waals surface area contributed by atoms with E-state index in [4.69, 9.17) is 16.3 Å². The summed E-state index contributed by atoms with van der Waals surface area (Å²) < 4.78 is 5.53. The number of carbonyl (C=O) groups is 2. The van der Waals surface area contributed by atoms with Gasteiger partial charge < -0.3 is 20.1 Å². The number of aliphatic hydroxyl groups is 1. The number of hydrogen-bond donors (Lipinski definition) is 2. The minimum atomic E-state index is -1.10. The summed E-state index contributed by atoms with van der Waals surface area (Å²) in [5.74, 6) is -0.207. The minimum absolute atomic E-state index is 0.0174. The van der Waals surface area contributed by atoms with Crippen LogP contribution >= 0.6 is 11.6 Å². The van der Waals surface area contributed by atoms with Crippen LogP contribution in [0, 0.1) is 11.3 Å². The summed E-state index contributed by atoms with van der Waals surface area (Å²) in [5, 5.41) is 15.1. The highest BCUT2D eigenvalue weighted by Gasteiger charge is 2.50. The van der Waals surface area contributed by atoms with E-state index < -0.39 is 17.1 Å². The Balaban J connectivity index is 1.72. The second-order valence-corrected chi connectivity index (χ2v) is 10.9. The third-order valence-corrected chi connectivity index (χ3v) is 6.91. The van der Waals surface area contributed by atoms with Crippen LogP contribution in [0.3, 0.4) is 0 Å². The van der Waals surface area contributed by atoms with E-state index >= 15 is 0 Å². The Labute approximate surface area is 212 Å². The minimum Gasteiger partial charge on any atom is -0.475 e. The van der Waals surface area contributed by atoms with Crippen LogP contribution in [0.15, 0.2) is 42.6 Å². The number of benzene rings is 1. The van der Waals surface area contributed by atoms with Crippen LogP contribution in [0.4, 0.5) is 0 Å². The molecule has 0 spiro atoms. The molecule has 2 aromatic rings. The number of amides is 2. The smallest absolute Gasteiger partial charge is 0.253 e. The number of nitrogens with zero attached hydrogens (tertiary/aromatic N) is 2. The normalized spacial score (nSPS) is 20.6. The van der Waals surface area contributed by atoms with Crippen molar-refractivity contribution in [1.82, 2.24) is 15.2 Å². The van der Waals surface area contributed by atoms with Crippen LogP contribution in [0.2, 0.25) is 5.02 Å². The molecule has 2 N–H and O–H groups in total. The van der Waals surface area contributed by atoms with Crippen molar-refractivity contribution in [2.75, 3.05) is 13.1 Å². The predicted octanol–water partition coefficient (Wildman–Crippen LogP) is 4.42. The summed E-state index contributed by atoms with van der Waals surface area (Å²) in [7, 11) is 0. The molecule has 0 bridgehead atoms. The van der Waals surface area contributed by atoms with Crippen molar-refractivity contribution in [1.29, 1.82) is 0 Å². The molecule has 0 radical (unpaired) electrons. The second-order valence-electron chi connectivity index (χ2n) is 10.5. The summed E-state index contributed by atoms with van der Waals surface area (Å²) in [5.41, 5.74) is -0.576. The summed E-state index contributed by atoms with van der Waals surface area (Å²) in [6.45, 7) is 12.3. The molecule has 7 nitrogen and oxygen atoms in total. The van der Waals surface area contributed by atoms with Gasteiger partial charge in [-0.2, -0.15) is 0 Å². The molecule has 1 fully saturated rings. The Morgan fingerprint density at radius 1 is 1.11 bits per heavy atom. The van der Waals surface area contributed by atoms with Crippen molar-refractivity contribution < 1.29 is 19.4 Å². The first-order chi connectivity index (χ1) is 16.3. The highest BCUT2D eigenvalue weighted by atomic mass is 35.5. The van der Waals surface area contributed by atoms with E-state index in [0.29, 0.717) is 36.0 Å². The Hall–Kier alpha value is -2.64. The van der Waals surface area contributed by atoms with E-state index in [2.05, 4.69) is 10.3 Å². The predicted molar refractivity (Wildman–Crippen MR) is 136 cm³/mol. The van der Waals surface area contributed by atoms with Crippen molar-refractivity contribution in [2.45, 2.75) is 65.7 Å². The molecule has 2 amide bonds. The molecule has 1 aromatic heterocycles. The molecule has 2 atom stereocenters. The van der Waals surface area contributed by atoms with Gasteiger partial charge in [0, 0.05) is 35.8 Å². The van der Waals surface area contributed by atoms with E-state index in [1.54, 1.807) is 29.2 Å². The van der Waals surface area contributed by atoms with Crippen molar-refractivity contribution in [2.24, 2.45) is 11.3 Å². The first kappa shape index (κ1) is 27.0. The Morgan fingerprint density at radius 2 is 1.77 bits per heavy atom. The maximum absolute atomic E-state index is 13.5. The van der Waals surface area contributed by atoms with Gasteiger partial charge in [0.1, 0.15) is 6.04 Å². The zero-order valence-corrected chi connectivity index (χ0v) is 22.1. The summed E-state index contributed by atoms with van der Waals surface area (Å²) in [6, 6.07) is 9.79. The molecule has 8 heteroatoms. The van der Waals surface area contributed by atoms with Crippen molar-refractivity contribution in [3.8, 4) is 5.88 Å². The van der Waals surface area contributed by atoms with E-state index in [9.17, 15) is 14.7 Å². The number of likely N-dealkylation sites (tertiary alicyclic amines) is 1. The highest BCUT2D eigenvalue weighted by molar-refractivity contribution is 6.30. The van der Waals surface area contributed by atoms with Crippen molar-refractivity contribution in [3.63, 3.8) is 0 Å². The summed E-state index contributed by atoms with van der Waals surface area (Å²) >= 11 is 6.03. The standard InChI is InChI=1S/C27H36ClN3O4/c1-17(2)23(30-24(32)19-7-12-22(29-15-19)35-18(3)4)25(33)31-14-13-27(34,26(5,6)16-31)20-8-10-21(28)11-9-20/h7-12,15,17-18,23,34H,13-14,16H2,1-6H3,(H,30,32)/t23-,27+/m1/s1. The number of pyridine rings is 1. The number of rotatable bonds is 7. The van der Waals surface area contributed by atoms with Crippen LogP contribution in [0.1, 0.15) is 63.9 Å². The summed E-state index contributed by atoms with van der Waals surface area (Å²) in [6.07, 6.45) is 1.81. The number of hydrogen-bond acceptors (Lipinski definition) is 5. The van der Waals surface area contributed by atoms with E-state index in [1.807, 2.05) is 53.7 Å². The maximum Gasteiger partial charge on any atom is 0.253 e. The lowest BCUT2D eigenvalue weighted by atomic mass is 9.66. The summed E-state index contributed by atoms with van der Waals surface area (Å²) in [4.78, 5) is 32.4. The zero-order valence-electron chi connectivity index (χ0n) is 21.3. The molecule has 0 saturated carbocycles. The molecule has 1 saturated heterocycles. The van der Waals surface area contributed by atoms with Crippen LogP contribution in [-0.2, 0) is 10.4 Å². The fourth-order valence-electron chi connectivity index (χ4n) is 4.53. The lowest BCUT2D eigenvalue weighted by Gasteiger charge is -2.51. The first-order valence-corrected chi connectivity index (χ1v) is 12.4. The topological polar surface area (TPSA) is 91.8 Å². The number of ether oxygens (including phenoxy) is 1. The Bertz CT molecular complexity index is 1040. The van der Waals surface area contributed by atoms with E-state index in [-0.39, 0.29) is 23.8 Å². The number of carbonyl (C=O) groups excluding carboxylic acids is 2. The van der Waals surface area contributed by atoms with Crippen LogP contribution in [0.5, 0.6) is 5.88 Å². The molecule has 2 heterocycles. The molecule has 0 aliphatic carbocycles. The van der Waals surface area contributed by atoms with E-state index in [1.165, 1.54) is 6.20 Å². The first-order valence-electron chi connectivity index (χ1n) is 12.0. The van der Waals surface area contributed by atoms with Gasteiger partial charge in [-0.05, 0) is 49.9 Å². The average molecular weight is 502 g/mol. The van der Waals surface area contributed by atoms with Gasteiger partial charge in [-0.3, -0.25) is 9.59 Å². The van der Waals surface area contributed by atoms with Gasteiger partial charge in [-0.1, -0.05) is 51.4 Å². The molecule has 190 valence electrons. The molecule has 1 aliphatic heterocycles. The van der Waals surface area contributed by atoms with Crippen LogP contribution < -0.4 is 10.1 Å². The third kappa shape index (κ3) is 5.96. The largest absolute Gasteiger partial charge is 0.475 e. The monoisotopic (exact) mass is 501 g/mol. The van der Waals surface area contributed by atoms with Gasteiger partial charge in [-0.25, -0.2) is 4.98 Å². The molecule has 0 unspecified atom stereocenters. The molecule has 1 aromatic carbocycles. The average Bonchev–Trinajstić information content (AvgIpc) is 2.79. The van der Waals surface area contributed by atoms with Gasteiger partial charge in [-0.15, -0.1) is 0 Å². The van der Waals surface area contributed by atoms with Crippen LogP contribution in [-0.4, -0.2) is 52.0 Å². The highest BCUT2D eigenvalue weighted by Crippen LogP contribution is 2.46. The van der Waals surface area contributed by atoms with Crippen molar-refractivity contribution >= 4 is 23.4 Å². The van der Waals surface area contributed by atoms with Gasteiger partial charge in [0.05, 0.1) is 17.3 Å². The zero-order chi connectivity index (χ0) is 26.0. The molecular formula is C27H36ClN3O4. The van der Waals surface area contributed by atoms with Gasteiger partial charge in [0.15, 0.2) is 0 Å². The van der Waals surface area contributed by atoms with Gasteiger partial charge in [0.25, 0.3) is 5.91 Å². The Kier molecular flexibility index (Phi) is 8.12. The number of aromatic nitrogens is 1. The van der Waals surface area contributed by atoms with Gasteiger partial charge in [0.2, 0.25) is 11.8 Å². The fraction of sp³-hybridized carbons (Fsp3) is 0.519. The van der Waals surface area contributed by atoms with E-state index in [0.717, 1.165) is 5.56 Å². The fourth-order valence-corrected chi connectivity index (χ4v) is 4.66. The van der Waals surface area contributed by atoms with Crippen molar-refractivity contribution in [3.05, 3.63) is 58.7 Å². The van der Waals surface area contributed by atoms with Crippen LogP contribution in [0.25, 0.3) is 0 Å². The molecule has 35 heavy (non-hydrogen) atoms. The Morgan fingerprint density at radius 3 is 2.29 bits per heavy atom. The SMILES string of the molecule is CC(C)Oc1ccc(C(=O)N[C@@H](C(=O)N2CC[C@](O)(c3ccc(Cl)cc3)C(C)(C)C2)C(C)C)cn1. The molecule has 3 rings (SSSR count). The lowest BCUT2D eigenvalue weighted by molar-refractivity contribution is -0.155. The number of nitrogens with one attached hydrogen (secondary N) is 1. The number of piperidine rings is 1. The lowest BCUT2D eigenvalue weighted by Crippen LogP contribution is -2.60. The molecular weight excluding hydrogens is 466 g/mol. The number of halogens is 1. The quantitative estimate of drug-likeness (QED) is 0.585. The van der Waals surface area contributed by atoms with Gasteiger partial charge >= 0.3 is 0 Å². The third-order valence-electron chi connectivity index (χ3n) is 6.66. The molecule has 1 aliphatic rings. The maximum atomic E-state index is 13.5.